The van der Waals surface area contributed by atoms with Crippen molar-refractivity contribution in [3.05, 3.63) is 24.0 Å². The number of rotatable bonds is 2. The van der Waals surface area contributed by atoms with Crippen LogP contribution in [0.4, 0.5) is 5.69 Å². The SMILES string of the molecule is Cc1ccc(NC(=O)C(C)(C)Br)cn1. The average molecular weight is 257 g/mol. The largest absolute Gasteiger partial charge is 0.324 e. The molecule has 1 N–H and O–H groups in total. The number of nitrogens with zero attached hydrogens (tertiary/aromatic N) is 1. The van der Waals surface area contributed by atoms with E-state index in [2.05, 4.69) is 26.2 Å². The molecule has 1 aromatic heterocycles. The highest BCUT2D eigenvalue weighted by molar-refractivity contribution is 9.10. The van der Waals surface area contributed by atoms with Gasteiger partial charge in [0.05, 0.1) is 16.2 Å². The number of nitrogens with one attached hydrogen (secondary N) is 1. The average Bonchev–Trinajstić information content (AvgIpc) is 2.07. The lowest BCUT2D eigenvalue weighted by atomic mass is 10.2. The molecule has 3 nitrogen and oxygen atoms in total. The Hall–Kier alpha value is -0.900. The van der Waals surface area contributed by atoms with Gasteiger partial charge < -0.3 is 5.32 Å². The Bertz CT molecular complexity index is 327. The van der Waals surface area contributed by atoms with Crippen LogP contribution in [0.25, 0.3) is 0 Å². The second-order valence-electron chi connectivity index (χ2n) is 3.61. The fourth-order valence-electron chi connectivity index (χ4n) is 0.821. The smallest absolute Gasteiger partial charge is 0.240 e. The predicted molar refractivity (Wildman–Crippen MR) is 60.6 cm³/mol. The number of amides is 1. The van der Waals surface area contributed by atoms with E-state index in [1.165, 1.54) is 0 Å². The van der Waals surface area contributed by atoms with E-state index in [1.807, 2.05) is 19.1 Å². The topological polar surface area (TPSA) is 42.0 Å². The Morgan fingerprint density at radius 3 is 2.57 bits per heavy atom. The highest BCUT2D eigenvalue weighted by Crippen LogP contribution is 2.18. The molecular formula is C10H13BrN2O. The van der Waals surface area contributed by atoms with Gasteiger partial charge in [-0.3, -0.25) is 9.78 Å². The first kappa shape index (κ1) is 11.2. The summed E-state index contributed by atoms with van der Waals surface area (Å²) >= 11 is 3.28. The molecule has 0 saturated heterocycles. The molecule has 0 radical (unpaired) electrons. The summed E-state index contributed by atoms with van der Waals surface area (Å²) < 4.78 is -0.558. The number of carbonyl (C=O) groups is 1. The summed E-state index contributed by atoms with van der Waals surface area (Å²) in [6, 6.07) is 3.69. The third kappa shape index (κ3) is 3.10. The second-order valence-corrected chi connectivity index (χ2v) is 5.60. The van der Waals surface area contributed by atoms with Gasteiger partial charge in [-0.05, 0) is 32.9 Å². The van der Waals surface area contributed by atoms with Crippen molar-refractivity contribution in [1.29, 1.82) is 0 Å². The fourth-order valence-corrected chi connectivity index (χ4v) is 0.921. The Kier molecular flexibility index (Phi) is 3.26. The standard InChI is InChI=1S/C10H13BrN2O/c1-7-4-5-8(6-12-7)13-9(14)10(2,3)11/h4-6H,1-3H3,(H,13,14). The lowest BCUT2D eigenvalue weighted by Gasteiger charge is -2.15. The number of aryl methyl sites for hydroxylation is 1. The summed E-state index contributed by atoms with van der Waals surface area (Å²) in [7, 11) is 0. The number of pyridine rings is 1. The monoisotopic (exact) mass is 256 g/mol. The van der Waals surface area contributed by atoms with Crippen LogP contribution in [0.2, 0.25) is 0 Å². The van der Waals surface area contributed by atoms with Gasteiger partial charge in [0.1, 0.15) is 0 Å². The summed E-state index contributed by atoms with van der Waals surface area (Å²) in [6.45, 7) is 5.49. The van der Waals surface area contributed by atoms with Crippen molar-refractivity contribution in [3.63, 3.8) is 0 Å². The van der Waals surface area contributed by atoms with E-state index in [0.29, 0.717) is 5.69 Å². The zero-order chi connectivity index (χ0) is 10.8. The zero-order valence-corrected chi connectivity index (χ0v) is 10.1. The van der Waals surface area contributed by atoms with Gasteiger partial charge in [0.15, 0.2) is 0 Å². The molecule has 0 fully saturated rings. The predicted octanol–water partition coefficient (Wildman–Crippen LogP) is 2.50. The molecule has 0 unspecified atom stereocenters. The lowest BCUT2D eigenvalue weighted by molar-refractivity contribution is -0.117. The lowest BCUT2D eigenvalue weighted by Crippen LogP contribution is -2.30. The van der Waals surface area contributed by atoms with Gasteiger partial charge in [-0.15, -0.1) is 0 Å². The number of halogens is 1. The Morgan fingerprint density at radius 2 is 2.14 bits per heavy atom. The van der Waals surface area contributed by atoms with Crippen molar-refractivity contribution in [2.24, 2.45) is 0 Å². The van der Waals surface area contributed by atoms with Gasteiger partial charge in [0, 0.05) is 5.69 Å². The van der Waals surface area contributed by atoms with Crippen LogP contribution in [0.3, 0.4) is 0 Å². The molecule has 0 saturated carbocycles. The van der Waals surface area contributed by atoms with Crippen LogP contribution in [0, 0.1) is 6.92 Å². The Balaban J connectivity index is 2.71. The first-order valence-corrected chi connectivity index (χ1v) is 5.12. The highest BCUT2D eigenvalue weighted by atomic mass is 79.9. The molecule has 14 heavy (non-hydrogen) atoms. The van der Waals surface area contributed by atoms with Crippen molar-refractivity contribution in [1.82, 2.24) is 4.98 Å². The number of anilines is 1. The van der Waals surface area contributed by atoms with E-state index in [4.69, 9.17) is 0 Å². The molecule has 1 aromatic rings. The second kappa shape index (κ2) is 4.09. The van der Waals surface area contributed by atoms with Crippen molar-refractivity contribution in [2.75, 3.05) is 5.32 Å². The molecule has 0 spiro atoms. The first-order valence-electron chi connectivity index (χ1n) is 4.32. The Morgan fingerprint density at radius 1 is 1.50 bits per heavy atom. The van der Waals surface area contributed by atoms with E-state index in [-0.39, 0.29) is 5.91 Å². The number of aromatic nitrogens is 1. The van der Waals surface area contributed by atoms with Crippen LogP contribution in [0.15, 0.2) is 18.3 Å². The number of hydrogen-bond acceptors (Lipinski definition) is 2. The molecule has 0 atom stereocenters. The quantitative estimate of drug-likeness (QED) is 0.827. The molecule has 0 aliphatic rings. The van der Waals surface area contributed by atoms with Crippen LogP contribution in [-0.4, -0.2) is 15.2 Å². The van der Waals surface area contributed by atoms with E-state index < -0.39 is 4.32 Å². The van der Waals surface area contributed by atoms with Crippen LogP contribution >= 0.6 is 15.9 Å². The minimum Gasteiger partial charge on any atom is -0.324 e. The van der Waals surface area contributed by atoms with E-state index in [1.54, 1.807) is 20.0 Å². The maximum absolute atomic E-state index is 11.5. The van der Waals surface area contributed by atoms with Gasteiger partial charge in [0.25, 0.3) is 0 Å². The molecule has 76 valence electrons. The van der Waals surface area contributed by atoms with E-state index in [0.717, 1.165) is 5.69 Å². The molecule has 0 bridgehead atoms. The number of hydrogen-bond donors (Lipinski definition) is 1. The molecule has 1 rings (SSSR count). The van der Waals surface area contributed by atoms with Crippen molar-refractivity contribution < 1.29 is 4.79 Å². The summed E-state index contributed by atoms with van der Waals surface area (Å²) in [4.78, 5) is 15.6. The normalized spacial score (nSPS) is 11.1. The van der Waals surface area contributed by atoms with E-state index >= 15 is 0 Å². The molecule has 0 aliphatic heterocycles. The van der Waals surface area contributed by atoms with Gasteiger partial charge in [-0.25, -0.2) is 0 Å². The molecule has 0 aliphatic carbocycles. The van der Waals surface area contributed by atoms with Crippen molar-refractivity contribution in [3.8, 4) is 0 Å². The summed E-state index contributed by atoms with van der Waals surface area (Å²) in [6.07, 6.45) is 1.64. The van der Waals surface area contributed by atoms with Gasteiger partial charge in [0.2, 0.25) is 5.91 Å². The highest BCUT2D eigenvalue weighted by Gasteiger charge is 2.23. The van der Waals surface area contributed by atoms with E-state index in [9.17, 15) is 4.79 Å². The molecule has 4 heteroatoms. The van der Waals surface area contributed by atoms with Crippen LogP contribution in [0.5, 0.6) is 0 Å². The number of alkyl halides is 1. The van der Waals surface area contributed by atoms with Gasteiger partial charge >= 0.3 is 0 Å². The first-order chi connectivity index (χ1) is 6.39. The molecular weight excluding hydrogens is 244 g/mol. The number of carbonyl (C=O) groups excluding carboxylic acids is 1. The summed E-state index contributed by atoms with van der Waals surface area (Å²) in [5.41, 5.74) is 1.65. The third-order valence-corrected chi connectivity index (χ3v) is 2.07. The van der Waals surface area contributed by atoms with Crippen LogP contribution < -0.4 is 5.32 Å². The maximum atomic E-state index is 11.5. The van der Waals surface area contributed by atoms with Gasteiger partial charge in [-0.2, -0.15) is 0 Å². The fraction of sp³-hybridized carbons (Fsp3) is 0.400. The summed E-state index contributed by atoms with van der Waals surface area (Å²) in [5.74, 6) is -0.0804. The van der Waals surface area contributed by atoms with Gasteiger partial charge in [-0.1, -0.05) is 15.9 Å². The van der Waals surface area contributed by atoms with Crippen molar-refractivity contribution in [2.45, 2.75) is 25.1 Å². The molecule has 0 aromatic carbocycles. The molecule has 1 amide bonds. The molecule has 1 heterocycles. The van der Waals surface area contributed by atoms with Crippen LogP contribution in [-0.2, 0) is 4.79 Å². The third-order valence-electron chi connectivity index (χ3n) is 1.71. The maximum Gasteiger partial charge on any atom is 0.240 e. The minimum absolute atomic E-state index is 0.0804. The Labute approximate surface area is 92.1 Å². The zero-order valence-electron chi connectivity index (χ0n) is 8.47. The van der Waals surface area contributed by atoms with Crippen molar-refractivity contribution >= 4 is 27.5 Å². The summed E-state index contributed by atoms with van der Waals surface area (Å²) in [5, 5.41) is 2.76. The van der Waals surface area contributed by atoms with Crippen LogP contribution in [0.1, 0.15) is 19.5 Å². The minimum atomic E-state index is -0.558.